The van der Waals surface area contributed by atoms with Crippen LogP contribution in [0.1, 0.15) is 15.9 Å². The van der Waals surface area contributed by atoms with Crippen LogP contribution in [0, 0.1) is 0 Å². The van der Waals surface area contributed by atoms with Gasteiger partial charge in [0.2, 0.25) is 0 Å². The van der Waals surface area contributed by atoms with Crippen molar-refractivity contribution >= 4 is 5.97 Å². The zero-order chi connectivity index (χ0) is 14.8. The number of pyridine rings is 1. The third kappa shape index (κ3) is 2.79. The van der Waals surface area contributed by atoms with Gasteiger partial charge in [0.1, 0.15) is 0 Å². The summed E-state index contributed by atoms with van der Waals surface area (Å²) in [5, 5.41) is 0. The minimum atomic E-state index is -4.49. The van der Waals surface area contributed by atoms with Gasteiger partial charge in [0.25, 0.3) is 0 Å². The molecule has 1 heterocycles. The Hall–Kier alpha value is -2.37. The van der Waals surface area contributed by atoms with Gasteiger partial charge in [-0.1, -0.05) is 18.2 Å². The van der Waals surface area contributed by atoms with E-state index in [1.54, 1.807) is 0 Å². The molecule has 2 aromatic rings. The molecule has 0 aliphatic heterocycles. The molecule has 3 nitrogen and oxygen atoms in total. The first-order chi connectivity index (χ1) is 9.43. The third-order valence-corrected chi connectivity index (χ3v) is 2.69. The molecule has 2 rings (SSSR count). The molecule has 20 heavy (non-hydrogen) atoms. The SMILES string of the molecule is COC(=O)c1ccnc(-c2ccccc2C(F)(F)F)c1. The van der Waals surface area contributed by atoms with E-state index >= 15 is 0 Å². The molecule has 0 aliphatic carbocycles. The highest BCUT2D eigenvalue weighted by molar-refractivity contribution is 5.90. The van der Waals surface area contributed by atoms with Gasteiger partial charge in [0, 0.05) is 11.8 Å². The fourth-order valence-corrected chi connectivity index (χ4v) is 1.78. The Balaban J connectivity index is 2.55. The normalized spacial score (nSPS) is 11.2. The number of esters is 1. The molecule has 0 radical (unpaired) electrons. The molecule has 0 aliphatic rings. The number of aromatic nitrogens is 1. The summed E-state index contributed by atoms with van der Waals surface area (Å²) in [5.41, 5.74) is -0.657. The first kappa shape index (κ1) is 14.0. The van der Waals surface area contributed by atoms with E-state index in [0.29, 0.717) is 0 Å². The molecule has 0 unspecified atom stereocenters. The lowest BCUT2D eigenvalue weighted by molar-refractivity contribution is -0.137. The molecule has 1 aromatic carbocycles. The summed E-state index contributed by atoms with van der Waals surface area (Å²) in [6.07, 6.45) is -3.21. The Morgan fingerprint density at radius 3 is 2.55 bits per heavy atom. The van der Waals surface area contributed by atoms with Crippen LogP contribution in [0.3, 0.4) is 0 Å². The van der Waals surface area contributed by atoms with Crippen molar-refractivity contribution < 1.29 is 22.7 Å². The highest BCUT2D eigenvalue weighted by Crippen LogP contribution is 2.36. The maximum atomic E-state index is 12.9. The topological polar surface area (TPSA) is 39.2 Å². The molecule has 0 amide bonds. The summed E-state index contributed by atoms with van der Waals surface area (Å²) in [6.45, 7) is 0. The summed E-state index contributed by atoms with van der Waals surface area (Å²) in [4.78, 5) is 15.3. The summed E-state index contributed by atoms with van der Waals surface area (Å²) in [7, 11) is 1.20. The molecule has 0 saturated carbocycles. The second-order valence-electron chi connectivity index (χ2n) is 3.96. The molecule has 0 spiro atoms. The molecule has 0 fully saturated rings. The van der Waals surface area contributed by atoms with Crippen LogP contribution in [-0.4, -0.2) is 18.1 Å². The number of halogens is 3. The van der Waals surface area contributed by atoms with E-state index in [9.17, 15) is 18.0 Å². The van der Waals surface area contributed by atoms with Crippen LogP contribution >= 0.6 is 0 Å². The summed E-state index contributed by atoms with van der Waals surface area (Å²) < 4.78 is 43.4. The predicted octanol–water partition coefficient (Wildman–Crippen LogP) is 3.55. The quantitative estimate of drug-likeness (QED) is 0.790. The Morgan fingerprint density at radius 2 is 1.90 bits per heavy atom. The number of ether oxygens (including phenoxy) is 1. The second kappa shape index (κ2) is 5.32. The van der Waals surface area contributed by atoms with Gasteiger partial charge in [0.15, 0.2) is 0 Å². The first-order valence-corrected chi connectivity index (χ1v) is 5.64. The molecule has 104 valence electrons. The lowest BCUT2D eigenvalue weighted by Crippen LogP contribution is -2.08. The van der Waals surface area contributed by atoms with E-state index in [1.807, 2.05) is 0 Å². The lowest BCUT2D eigenvalue weighted by Gasteiger charge is -2.12. The van der Waals surface area contributed by atoms with Gasteiger partial charge in [-0.2, -0.15) is 13.2 Å². The van der Waals surface area contributed by atoms with Gasteiger partial charge in [-0.3, -0.25) is 4.98 Å². The minimum absolute atomic E-state index is 0.0702. The number of hydrogen-bond donors (Lipinski definition) is 0. The largest absolute Gasteiger partial charge is 0.465 e. The van der Waals surface area contributed by atoms with Crippen LogP contribution in [0.15, 0.2) is 42.6 Å². The van der Waals surface area contributed by atoms with Crippen molar-refractivity contribution in [1.29, 1.82) is 0 Å². The Labute approximate surface area is 113 Å². The number of carbonyl (C=O) groups excluding carboxylic acids is 1. The fraction of sp³-hybridized carbons (Fsp3) is 0.143. The van der Waals surface area contributed by atoms with Crippen LogP contribution < -0.4 is 0 Å². The molecular formula is C14H10F3NO2. The fourth-order valence-electron chi connectivity index (χ4n) is 1.78. The smallest absolute Gasteiger partial charge is 0.417 e. The zero-order valence-electron chi connectivity index (χ0n) is 10.4. The number of benzene rings is 1. The summed E-state index contributed by atoms with van der Waals surface area (Å²) in [6, 6.07) is 7.73. The number of hydrogen-bond acceptors (Lipinski definition) is 3. The zero-order valence-corrected chi connectivity index (χ0v) is 10.4. The molecule has 0 bridgehead atoms. The van der Waals surface area contributed by atoms with Crippen molar-refractivity contribution in [2.75, 3.05) is 7.11 Å². The number of alkyl halides is 3. The molecule has 1 aromatic heterocycles. The highest BCUT2D eigenvalue weighted by atomic mass is 19.4. The van der Waals surface area contributed by atoms with Crippen LogP contribution in [0.5, 0.6) is 0 Å². The van der Waals surface area contributed by atoms with Crippen molar-refractivity contribution in [1.82, 2.24) is 4.98 Å². The van der Waals surface area contributed by atoms with Crippen molar-refractivity contribution in [3.63, 3.8) is 0 Å². The molecule has 6 heteroatoms. The van der Waals surface area contributed by atoms with E-state index in [1.165, 1.54) is 43.6 Å². The maximum absolute atomic E-state index is 12.9. The van der Waals surface area contributed by atoms with Crippen LogP contribution in [0.25, 0.3) is 11.3 Å². The standard InChI is InChI=1S/C14H10F3NO2/c1-20-13(19)9-6-7-18-12(8-9)10-4-2-3-5-11(10)14(15,16)17/h2-8H,1H3. The summed E-state index contributed by atoms with van der Waals surface area (Å²) in [5.74, 6) is -0.627. The van der Waals surface area contributed by atoms with Gasteiger partial charge >= 0.3 is 12.1 Å². The van der Waals surface area contributed by atoms with Crippen molar-refractivity contribution in [3.05, 3.63) is 53.7 Å². The van der Waals surface area contributed by atoms with Crippen molar-refractivity contribution in [3.8, 4) is 11.3 Å². The number of rotatable bonds is 2. The number of methoxy groups -OCH3 is 1. The molecule has 0 N–H and O–H groups in total. The van der Waals surface area contributed by atoms with Gasteiger partial charge < -0.3 is 4.74 Å². The average Bonchev–Trinajstić information content (AvgIpc) is 2.45. The molecular weight excluding hydrogens is 271 g/mol. The van der Waals surface area contributed by atoms with Gasteiger partial charge in [-0.15, -0.1) is 0 Å². The van der Waals surface area contributed by atoms with E-state index < -0.39 is 17.7 Å². The highest BCUT2D eigenvalue weighted by Gasteiger charge is 2.33. The Bertz CT molecular complexity index is 638. The predicted molar refractivity (Wildman–Crippen MR) is 66.0 cm³/mol. The van der Waals surface area contributed by atoms with Crippen molar-refractivity contribution in [2.45, 2.75) is 6.18 Å². The monoisotopic (exact) mass is 281 g/mol. The van der Waals surface area contributed by atoms with Crippen molar-refractivity contribution in [2.24, 2.45) is 0 Å². The van der Waals surface area contributed by atoms with Crippen LogP contribution in [-0.2, 0) is 10.9 Å². The van der Waals surface area contributed by atoms with E-state index in [2.05, 4.69) is 9.72 Å². The minimum Gasteiger partial charge on any atom is -0.465 e. The third-order valence-electron chi connectivity index (χ3n) is 2.69. The average molecular weight is 281 g/mol. The molecule has 0 saturated heterocycles. The lowest BCUT2D eigenvalue weighted by atomic mass is 10.0. The van der Waals surface area contributed by atoms with Gasteiger partial charge in [-0.05, 0) is 18.2 Å². The van der Waals surface area contributed by atoms with Gasteiger partial charge in [-0.25, -0.2) is 4.79 Å². The molecule has 0 atom stereocenters. The van der Waals surface area contributed by atoms with Gasteiger partial charge in [0.05, 0.1) is 23.9 Å². The van der Waals surface area contributed by atoms with Crippen LogP contribution in [0.2, 0.25) is 0 Å². The number of nitrogens with zero attached hydrogens (tertiary/aromatic N) is 1. The Morgan fingerprint density at radius 1 is 1.20 bits per heavy atom. The van der Waals surface area contributed by atoms with E-state index in [4.69, 9.17) is 0 Å². The maximum Gasteiger partial charge on any atom is 0.417 e. The number of carbonyl (C=O) groups is 1. The Kier molecular flexibility index (Phi) is 3.74. The summed E-state index contributed by atoms with van der Waals surface area (Å²) >= 11 is 0. The first-order valence-electron chi connectivity index (χ1n) is 5.64. The second-order valence-corrected chi connectivity index (χ2v) is 3.96. The van der Waals surface area contributed by atoms with E-state index in [0.717, 1.165) is 6.07 Å². The van der Waals surface area contributed by atoms with E-state index in [-0.39, 0.29) is 16.8 Å². The van der Waals surface area contributed by atoms with Crippen LogP contribution in [0.4, 0.5) is 13.2 Å².